The van der Waals surface area contributed by atoms with Crippen LogP contribution in [0.5, 0.6) is 0 Å². The third kappa shape index (κ3) is 8.11. The number of pyridine rings is 1. The van der Waals surface area contributed by atoms with Crippen molar-refractivity contribution in [1.82, 2.24) is 4.98 Å². The van der Waals surface area contributed by atoms with E-state index in [9.17, 15) is 31.1 Å². The summed E-state index contributed by atoms with van der Waals surface area (Å²) >= 11 is 0. The van der Waals surface area contributed by atoms with Crippen LogP contribution >= 0.6 is 0 Å². The van der Waals surface area contributed by atoms with Gasteiger partial charge in [-0.3, -0.25) is 4.98 Å². The van der Waals surface area contributed by atoms with E-state index >= 15 is 0 Å². The average Bonchev–Trinajstić information content (AvgIpc) is 2.86. The molecule has 38 heavy (non-hydrogen) atoms. The van der Waals surface area contributed by atoms with Crippen molar-refractivity contribution in [3.05, 3.63) is 101 Å². The van der Waals surface area contributed by atoms with Gasteiger partial charge in [0.05, 0.1) is 38.3 Å². The first-order chi connectivity index (χ1) is 17.8. The molecule has 0 radical (unpaired) electrons. The highest BCUT2D eigenvalue weighted by Crippen LogP contribution is 2.36. The van der Waals surface area contributed by atoms with E-state index in [1.165, 1.54) is 6.92 Å². The number of nitrogens with zero attached hydrogens (tertiary/aromatic N) is 2. The summed E-state index contributed by atoms with van der Waals surface area (Å²) < 4.78 is 90.6. The lowest BCUT2D eigenvalue weighted by Crippen LogP contribution is -2.49. The van der Waals surface area contributed by atoms with Crippen LogP contribution in [-0.4, -0.2) is 35.8 Å². The molecule has 204 valence electrons. The van der Waals surface area contributed by atoms with Gasteiger partial charge < -0.3 is 9.47 Å². The van der Waals surface area contributed by atoms with Crippen LogP contribution in [-0.2, 0) is 39.8 Å². The van der Waals surface area contributed by atoms with E-state index in [2.05, 4.69) is 4.98 Å². The third-order valence-electron chi connectivity index (χ3n) is 5.93. The molecule has 1 aromatic heterocycles. The van der Waals surface area contributed by atoms with Crippen molar-refractivity contribution in [3.8, 4) is 0 Å². The van der Waals surface area contributed by atoms with E-state index in [-0.39, 0.29) is 35.4 Å². The first-order valence-electron chi connectivity index (χ1n) is 11.6. The molecule has 0 spiro atoms. The Kier molecular flexibility index (Phi) is 9.29. The largest absolute Gasteiger partial charge is 0.416 e. The molecular weight excluding hydrogens is 514 g/mol. The number of amides is 1. The van der Waals surface area contributed by atoms with Crippen molar-refractivity contribution in [2.75, 3.05) is 20.4 Å². The second-order valence-corrected chi connectivity index (χ2v) is 9.06. The third-order valence-corrected chi connectivity index (χ3v) is 5.93. The van der Waals surface area contributed by atoms with Gasteiger partial charge in [-0.05, 0) is 35.4 Å². The highest BCUT2D eigenvalue weighted by Gasteiger charge is 2.37. The maximum Gasteiger partial charge on any atom is 0.416 e. The summed E-state index contributed by atoms with van der Waals surface area (Å²) in [5.41, 5.74) is -1.62. The Morgan fingerprint density at radius 1 is 0.921 bits per heavy atom. The second-order valence-electron chi connectivity index (χ2n) is 9.06. The molecule has 0 N–H and O–H groups in total. The van der Waals surface area contributed by atoms with Crippen LogP contribution in [0.4, 0.5) is 26.3 Å². The molecule has 5 nitrogen and oxygen atoms in total. The molecule has 11 heteroatoms. The highest BCUT2D eigenvalue weighted by molar-refractivity contribution is 5.65. The summed E-state index contributed by atoms with van der Waals surface area (Å²) in [5, 5.41) is 0. The van der Waals surface area contributed by atoms with Gasteiger partial charge in [0.2, 0.25) is 0 Å². The fraction of sp³-hybridized carbons (Fsp3) is 0.333. The predicted molar refractivity (Wildman–Crippen MR) is 126 cm³/mol. The molecule has 0 saturated carbocycles. The van der Waals surface area contributed by atoms with E-state index in [4.69, 9.17) is 9.47 Å². The lowest BCUT2D eigenvalue weighted by atomic mass is 10.1. The van der Waals surface area contributed by atoms with Crippen LogP contribution in [0.1, 0.15) is 40.8 Å². The second kappa shape index (κ2) is 12.1. The Balaban J connectivity index is 1.76. The molecule has 0 aliphatic heterocycles. The molecule has 1 amide bonds. The minimum Gasteiger partial charge on any atom is -0.374 e. The zero-order valence-electron chi connectivity index (χ0n) is 20.7. The summed E-state index contributed by atoms with van der Waals surface area (Å²) in [6.07, 6.45) is -7.39. The number of hydrogen-bond acceptors (Lipinski definition) is 4. The summed E-state index contributed by atoms with van der Waals surface area (Å²) in [6, 6.07) is 13.7. The SMILES string of the molecule is CC(=O)[N+](C)(COC(COCc1cc(C(F)(F)F)cc(C(F)(F)F)c1)c1ccccc1)Cc1cccnc1. The minimum atomic E-state index is -4.95. The molecule has 3 rings (SSSR count). The highest BCUT2D eigenvalue weighted by atomic mass is 19.4. The van der Waals surface area contributed by atoms with Crippen molar-refractivity contribution in [1.29, 1.82) is 0 Å². The van der Waals surface area contributed by atoms with Gasteiger partial charge in [0.1, 0.15) is 12.6 Å². The number of quaternary nitrogens is 1. The first-order valence-corrected chi connectivity index (χ1v) is 11.6. The number of aromatic nitrogens is 1. The number of hydrogen-bond donors (Lipinski definition) is 0. The Morgan fingerprint density at radius 3 is 2.08 bits per heavy atom. The molecule has 2 unspecified atom stereocenters. The quantitative estimate of drug-likeness (QED) is 0.166. The molecule has 2 atom stereocenters. The number of halogens is 6. The van der Waals surface area contributed by atoms with Crippen molar-refractivity contribution < 1.29 is 45.1 Å². The maximum absolute atomic E-state index is 13.2. The van der Waals surface area contributed by atoms with Gasteiger partial charge in [-0.1, -0.05) is 36.4 Å². The van der Waals surface area contributed by atoms with Crippen molar-refractivity contribution >= 4 is 5.91 Å². The first kappa shape index (κ1) is 29.3. The van der Waals surface area contributed by atoms with E-state index < -0.39 is 36.2 Å². The van der Waals surface area contributed by atoms with Crippen LogP contribution in [0.2, 0.25) is 0 Å². The standard InChI is InChI=1S/C27H27F6N2O3/c1-19(36)35(2,15-20-7-6-10-34-14-20)18-38-25(22-8-4-3-5-9-22)17-37-16-21-11-23(26(28,29)30)13-24(12-21)27(31,32)33/h3-14,25H,15-18H2,1-2H3/q+1. The molecule has 0 aliphatic rings. The van der Waals surface area contributed by atoms with Gasteiger partial charge >= 0.3 is 18.3 Å². The summed E-state index contributed by atoms with van der Waals surface area (Å²) in [5.74, 6) is -0.176. The molecule has 0 fully saturated rings. The van der Waals surface area contributed by atoms with Gasteiger partial charge in [0.15, 0.2) is 6.73 Å². The van der Waals surface area contributed by atoms with Crippen molar-refractivity contribution in [2.24, 2.45) is 0 Å². The van der Waals surface area contributed by atoms with Crippen LogP contribution in [0.15, 0.2) is 73.1 Å². The molecule has 2 aromatic carbocycles. The van der Waals surface area contributed by atoms with Crippen LogP contribution in [0.25, 0.3) is 0 Å². The smallest absolute Gasteiger partial charge is 0.374 e. The monoisotopic (exact) mass is 541 g/mol. The Bertz CT molecular complexity index is 1170. The fourth-order valence-corrected chi connectivity index (χ4v) is 3.69. The Morgan fingerprint density at radius 2 is 1.55 bits per heavy atom. The van der Waals surface area contributed by atoms with Crippen LogP contribution in [0.3, 0.4) is 0 Å². The maximum atomic E-state index is 13.2. The van der Waals surface area contributed by atoms with E-state index in [0.717, 1.165) is 5.56 Å². The average molecular weight is 542 g/mol. The van der Waals surface area contributed by atoms with Crippen molar-refractivity contribution in [2.45, 2.75) is 38.5 Å². The topological polar surface area (TPSA) is 48.4 Å². The summed E-state index contributed by atoms with van der Waals surface area (Å²) in [4.78, 5) is 16.6. The van der Waals surface area contributed by atoms with Gasteiger partial charge in [-0.15, -0.1) is 0 Å². The number of carbonyl (C=O) groups is 1. The molecule has 1 heterocycles. The number of benzene rings is 2. The Hall–Kier alpha value is -3.28. The molecule has 0 aliphatic carbocycles. The van der Waals surface area contributed by atoms with Gasteiger partial charge in [0.25, 0.3) is 0 Å². The lowest BCUT2D eigenvalue weighted by Gasteiger charge is -2.32. The van der Waals surface area contributed by atoms with Gasteiger partial charge in [0, 0.05) is 18.0 Å². The zero-order valence-corrected chi connectivity index (χ0v) is 20.7. The fourth-order valence-electron chi connectivity index (χ4n) is 3.69. The molecule has 0 saturated heterocycles. The summed E-state index contributed by atoms with van der Waals surface area (Å²) in [6.45, 7) is 0.991. The van der Waals surface area contributed by atoms with Crippen molar-refractivity contribution in [3.63, 3.8) is 0 Å². The van der Waals surface area contributed by atoms with E-state index in [1.807, 2.05) is 6.07 Å². The van der Waals surface area contributed by atoms with E-state index in [0.29, 0.717) is 24.2 Å². The van der Waals surface area contributed by atoms with Gasteiger partial charge in [-0.2, -0.15) is 26.3 Å². The van der Waals surface area contributed by atoms with Crippen LogP contribution < -0.4 is 0 Å². The van der Waals surface area contributed by atoms with E-state index in [1.54, 1.807) is 55.8 Å². The molecule has 0 bridgehead atoms. The predicted octanol–water partition coefficient (Wildman–Crippen LogP) is 6.54. The number of rotatable bonds is 10. The van der Waals surface area contributed by atoms with Crippen LogP contribution in [0, 0.1) is 0 Å². The number of carbonyl (C=O) groups excluding carboxylic acids is 1. The number of alkyl halides is 6. The van der Waals surface area contributed by atoms with Gasteiger partial charge in [-0.25, -0.2) is 9.28 Å². The molecular formula is C27H27F6N2O3+. The minimum absolute atomic E-state index is 0.0606. The molecule has 3 aromatic rings. The normalized spacial score (nSPS) is 14.6. The lowest BCUT2D eigenvalue weighted by molar-refractivity contribution is -0.869. The number of ether oxygens (including phenoxy) is 2. The summed E-state index contributed by atoms with van der Waals surface area (Å²) in [7, 11) is 1.69. The zero-order chi connectivity index (χ0) is 28.0. The Labute approximate surface area is 216 Å².